The van der Waals surface area contributed by atoms with Gasteiger partial charge in [0.05, 0.1) is 5.56 Å². The van der Waals surface area contributed by atoms with Gasteiger partial charge in [0.25, 0.3) is 5.91 Å². The summed E-state index contributed by atoms with van der Waals surface area (Å²) in [6, 6.07) is 2.71. The molecular weight excluding hydrogens is 198 g/mol. The van der Waals surface area contributed by atoms with Gasteiger partial charge in [-0.15, -0.1) is 0 Å². The number of hydrazine groups is 1. The van der Waals surface area contributed by atoms with Gasteiger partial charge in [0, 0.05) is 20.3 Å². The molecule has 1 aromatic rings. The minimum absolute atomic E-state index is 0.0543. The Hall–Kier alpha value is -1.95. The molecule has 2 N–H and O–H groups in total. The van der Waals surface area contributed by atoms with Gasteiger partial charge in [-0.3, -0.25) is 14.8 Å². The minimum atomic E-state index is -1.07. The van der Waals surface area contributed by atoms with E-state index >= 15 is 0 Å². The maximum atomic E-state index is 11.5. The number of amides is 1. The first-order chi connectivity index (χ1) is 7.06. The molecule has 0 radical (unpaired) electrons. The predicted octanol–water partition coefficient (Wildman–Crippen LogP) is -0.0138. The molecule has 0 atom stereocenters. The molecule has 0 saturated heterocycles. The molecule has 0 saturated carbocycles. The Bertz CT molecular complexity index is 375. The fourth-order valence-electron chi connectivity index (χ4n) is 0.920. The standard InChI is InChI=1S/C9H11N3O3/c1-10-12(2)8(13)7-4-3-6(5-11-7)9(14)15/h3-5,10H,1-2H3,(H,14,15). The lowest BCUT2D eigenvalue weighted by Crippen LogP contribution is -2.37. The topological polar surface area (TPSA) is 82.5 Å². The Balaban J connectivity index is 2.89. The van der Waals surface area contributed by atoms with Gasteiger partial charge in [0.2, 0.25) is 0 Å². The van der Waals surface area contributed by atoms with E-state index in [9.17, 15) is 9.59 Å². The van der Waals surface area contributed by atoms with Crippen molar-refractivity contribution in [3.63, 3.8) is 0 Å². The largest absolute Gasteiger partial charge is 0.478 e. The van der Waals surface area contributed by atoms with Crippen LogP contribution < -0.4 is 5.43 Å². The van der Waals surface area contributed by atoms with Crippen molar-refractivity contribution >= 4 is 11.9 Å². The molecule has 1 rings (SSSR count). The Kier molecular flexibility index (Phi) is 3.35. The molecule has 0 aliphatic heterocycles. The maximum absolute atomic E-state index is 11.5. The average molecular weight is 209 g/mol. The van der Waals surface area contributed by atoms with Gasteiger partial charge < -0.3 is 5.11 Å². The zero-order chi connectivity index (χ0) is 11.4. The third kappa shape index (κ3) is 2.50. The lowest BCUT2D eigenvalue weighted by Gasteiger charge is -2.14. The van der Waals surface area contributed by atoms with E-state index in [1.54, 1.807) is 14.1 Å². The molecule has 0 spiro atoms. The van der Waals surface area contributed by atoms with Crippen LogP contribution in [0.3, 0.4) is 0 Å². The molecule has 6 heteroatoms. The highest BCUT2D eigenvalue weighted by Crippen LogP contribution is 2.02. The van der Waals surface area contributed by atoms with Gasteiger partial charge in [0.15, 0.2) is 0 Å². The number of carboxylic acid groups (broad SMARTS) is 1. The van der Waals surface area contributed by atoms with Gasteiger partial charge in [0.1, 0.15) is 5.69 Å². The quantitative estimate of drug-likeness (QED) is 0.684. The zero-order valence-electron chi connectivity index (χ0n) is 8.39. The van der Waals surface area contributed by atoms with Crippen LogP contribution in [0.5, 0.6) is 0 Å². The minimum Gasteiger partial charge on any atom is -0.478 e. The predicted molar refractivity (Wildman–Crippen MR) is 52.3 cm³/mol. The SMILES string of the molecule is CNN(C)C(=O)c1ccc(C(=O)O)cn1. The fourth-order valence-corrected chi connectivity index (χ4v) is 0.920. The van der Waals surface area contributed by atoms with Crippen molar-refractivity contribution in [3.05, 3.63) is 29.6 Å². The van der Waals surface area contributed by atoms with Crippen LogP contribution in [0.15, 0.2) is 18.3 Å². The van der Waals surface area contributed by atoms with Crippen molar-refractivity contribution in [1.82, 2.24) is 15.4 Å². The molecule has 0 aliphatic carbocycles. The normalized spacial score (nSPS) is 9.73. The van der Waals surface area contributed by atoms with E-state index in [4.69, 9.17) is 5.11 Å². The van der Waals surface area contributed by atoms with Gasteiger partial charge in [-0.25, -0.2) is 10.2 Å². The fraction of sp³-hybridized carbons (Fsp3) is 0.222. The third-order valence-electron chi connectivity index (χ3n) is 1.87. The van der Waals surface area contributed by atoms with Crippen LogP contribution in [-0.4, -0.2) is 41.1 Å². The first-order valence-corrected chi connectivity index (χ1v) is 4.21. The number of hydrogen-bond acceptors (Lipinski definition) is 4. The molecule has 1 amide bonds. The highest BCUT2D eigenvalue weighted by molar-refractivity contribution is 5.93. The molecule has 0 unspecified atom stereocenters. The van der Waals surface area contributed by atoms with E-state index in [0.717, 1.165) is 6.20 Å². The van der Waals surface area contributed by atoms with Crippen LogP contribution in [-0.2, 0) is 0 Å². The van der Waals surface area contributed by atoms with Crippen molar-refractivity contribution in [2.45, 2.75) is 0 Å². The van der Waals surface area contributed by atoms with Crippen LogP contribution in [0.4, 0.5) is 0 Å². The molecule has 0 aromatic carbocycles. The first kappa shape index (κ1) is 11.1. The Morgan fingerprint density at radius 2 is 2.13 bits per heavy atom. The summed E-state index contributed by atoms with van der Waals surface area (Å²) >= 11 is 0. The van der Waals surface area contributed by atoms with Crippen molar-refractivity contribution in [2.24, 2.45) is 0 Å². The molecule has 0 bridgehead atoms. The number of pyridine rings is 1. The van der Waals surface area contributed by atoms with Crippen molar-refractivity contribution < 1.29 is 14.7 Å². The van der Waals surface area contributed by atoms with Crippen LogP contribution in [0.1, 0.15) is 20.8 Å². The highest BCUT2D eigenvalue weighted by Gasteiger charge is 2.12. The second kappa shape index (κ2) is 4.52. The summed E-state index contributed by atoms with van der Waals surface area (Å²) in [5.74, 6) is -1.39. The number of carbonyl (C=O) groups is 2. The first-order valence-electron chi connectivity index (χ1n) is 4.21. The lowest BCUT2D eigenvalue weighted by atomic mass is 10.2. The summed E-state index contributed by atoms with van der Waals surface area (Å²) < 4.78 is 0. The van der Waals surface area contributed by atoms with Gasteiger partial charge in [-0.2, -0.15) is 0 Å². The number of rotatable bonds is 3. The van der Waals surface area contributed by atoms with E-state index < -0.39 is 5.97 Å². The van der Waals surface area contributed by atoms with E-state index in [2.05, 4.69) is 10.4 Å². The van der Waals surface area contributed by atoms with Gasteiger partial charge in [-0.05, 0) is 12.1 Å². The van der Waals surface area contributed by atoms with E-state index in [1.807, 2.05) is 0 Å². The number of carbonyl (C=O) groups excluding carboxylic acids is 1. The average Bonchev–Trinajstić information content (AvgIpc) is 2.27. The molecular formula is C9H11N3O3. The summed E-state index contributed by atoms with van der Waals surface area (Å²) in [6.45, 7) is 0. The number of nitrogens with one attached hydrogen (secondary N) is 1. The molecule has 6 nitrogen and oxygen atoms in total. The smallest absolute Gasteiger partial charge is 0.337 e. The molecule has 1 aromatic heterocycles. The monoisotopic (exact) mass is 209 g/mol. The number of carboxylic acids is 1. The summed E-state index contributed by atoms with van der Waals surface area (Å²) in [7, 11) is 3.15. The Labute approximate surface area is 86.5 Å². The van der Waals surface area contributed by atoms with E-state index in [1.165, 1.54) is 17.1 Å². The Morgan fingerprint density at radius 1 is 1.47 bits per heavy atom. The van der Waals surface area contributed by atoms with Gasteiger partial charge in [-0.1, -0.05) is 0 Å². The maximum Gasteiger partial charge on any atom is 0.337 e. The van der Waals surface area contributed by atoms with Crippen molar-refractivity contribution in [2.75, 3.05) is 14.1 Å². The molecule has 1 heterocycles. The second-order valence-corrected chi connectivity index (χ2v) is 2.83. The Morgan fingerprint density at radius 3 is 2.53 bits per heavy atom. The summed E-state index contributed by atoms with van der Waals surface area (Å²) in [6.07, 6.45) is 1.15. The molecule has 0 fully saturated rings. The lowest BCUT2D eigenvalue weighted by molar-refractivity contribution is 0.0690. The van der Waals surface area contributed by atoms with Crippen LogP contribution in [0.2, 0.25) is 0 Å². The van der Waals surface area contributed by atoms with Crippen LogP contribution in [0.25, 0.3) is 0 Å². The summed E-state index contributed by atoms with van der Waals surface area (Å²) in [4.78, 5) is 25.8. The summed E-state index contributed by atoms with van der Waals surface area (Å²) in [5, 5.41) is 9.87. The number of nitrogens with zero attached hydrogens (tertiary/aromatic N) is 2. The molecule has 80 valence electrons. The molecule has 0 aliphatic rings. The second-order valence-electron chi connectivity index (χ2n) is 2.83. The highest BCUT2D eigenvalue weighted by atomic mass is 16.4. The number of hydrogen-bond donors (Lipinski definition) is 2. The molecule has 15 heavy (non-hydrogen) atoms. The number of aromatic nitrogens is 1. The van der Waals surface area contributed by atoms with Crippen molar-refractivity contribution in [3.8, 4) is 0 Å². The van der Waals surface area contributed by atoms with Crippen LogP contribution >= 0.6 is 0 Å². The number of aromatic carboxylic acids is 1. The van der Waals surface area contributed by atoms with Crippen molar-refractivity contribution in [1.29, 1.82) is 0 Å². The van der Waals surface area contributed by atoms with E-state index in [-0.39, 0.29) is 17.2 Å². The van der Waals surface area contributed by atoms with Gasteiger partial charge >= 0.3 is 5.97 Å². The zero-order valence-corrected chi connectivity index (χ0v) is 8.39. The summed E-state index contributed by atoms with van der Waals surface area (Å²) in [5.41, 5.74) is 2.87. The van der Waals surface area contributed by atoms with Crippen LogP contribution in [0, 0.1) is 0 Å². The van der Waals surface area contributed by atoms with E-state index in [0.29, 0.717) is 0 Å². The third-order valence-corrected chi connectivity index (χ3v) is 1.87.